The van der Waals surface area contributed by atoms with E-state index in [1.807, 2.05) is 31.2 Å². The summed E-state index contributed by atoms with van der Waals surface area (Å²) in [6, 6.07) is 23.1. The number of imidazole rings is 1. The van der Waals surface area contributed by atoms with E-state index < -0.39 is 0 Å². The Balaban J connectivity index is 1.14. The second kappa shape index (κ2) is 15.8. The van der Waals surface area contributed by atoms with E-state index in [1.54, 1.807) is 18.6 Å². The molecule has 0 radical (unpaired) electrons. The number of benzene rings is 2. The Morgan fingerprint density at radius 2 is 1.81 bits per heavy atom. The van der Waals surface area contributed by atoms with Crippen LogP contribution in [0.2, 0.25) is 0 Å². The third-order valence-electron chi connectivity index (χ3n) is 9.15. The normalized spacial score (nSPS) is 13.9. The van der Waals surface area contributed by atoms with Crippen LogP contribution in [0.5, 0.6) is 0 Å². The van der Waals surface area contributed by atoms with E-state index in [1.165, 1.54) is 24.0 Å². The van der Waals surface area contributed by atoms with Gasteiger partial charge in [0.15, 0.2) is 0 Å². The van der Waals surface area contributed by atoms with Gasteiger partial charge in [0, 0.05) is 48.7 Å². The first-order valence-corrected chi connectivity index (χ1v) is 17.3. The van der Waals surface area contributed by atoms with Crippen LogP contribution >= 0.6 is 0 Å². The highest BCUT2D eigenvalue weighted by atomic mass is 16.1. The SMILES string of the molecule is CCCCc1cc(Cn2c(C)nc3cnccc32)ccc1C(=O)NC=CCc1cccc(C(=CCN2CCCC2)c2ccc(C)cc2)n1. The minimum atomic E-state index is -0.0903. The van der Waals surface area contributed by atoms with Crippen LogP contribution in [-0.2, 0) is 19.4 Å². The van der Waals surface area contributed by atoms with Gasteiger partial charge in [0.25, 0.3) is 5.91 Å². The fourth-order valence-corrected chi connectivity index (χ4v) is 6.45. The van der Waals surface area contributed by atoms with E-state index in [4.69, 9.17) is 4.98 Å². The average Bonchev–Trinajstić information content (AvgIpc) is 3.74. The first-order chi connectivity index (χ1) is 23.5. The summed E-state index contributed by atoms with van der Waals surface area (Å²) < 4.78 is 2.20. The van der Waals surface area contributed by atoms with Gasteiger partial charge in [-0.25, -0.2) is 4.98 Å². The summed E-state index contributed by atoms with van der Waals surface area (Å²) in [7, 11) is 0. The number of carbonyl (C=O) groups is 1. The maximum absolute atomic E-state index is 13.4. The van der Waals surface area contributed by atoms with Crippen molar-refractivity contribution in [3.63, 3.8) is 0 Å². The minimum absolute atomic E-state index is 0.0903. The highest BCUT2D eigenvalue weighted by Gasteiger charge is 2.15. The van der Waals surface area contributed by atoms with Crippen molar-refractivity contribution in [2.24, 2.45) is 0 Å². The van der Waals surface area contributed by atoms with Gasteiger partial charge >= 0.3 is 0 Å². The average molecular weight is 639 g/mol. The quantitative estimate of drug-likeness (QED) is 0.142. The lowest BCUT2D eigenvalue weighted by Crippen LogP contribution is -2.19. The highest BCUT2D eigenvalue weighted by molar-refractivity contribution is 5.96. The second-order valence-corrected chi connectivity index (χ2v) is 12.8. The summed E-state index contributed by atoms with van der Waals surface area (Å²) in [5.41, 5.74) is 10.4. The first kappa shape index (κ1) is 33.0. The summed E-state index contributed by atoms with van der Waals surface area (Å²) in [6.07, 6.45) is 15.8. The van der Waals surface area contributed by atoms with E-state index >= 15 is 0 Å². The molecule has 1 fully saturated rings. The summed E-state index contributed by atoms with van der Waals surface area (Å²) in [5, 5.41) is 3.02. The molecule has 0 atom stereocenters. The summed E-state index contributed by atoms with van der Waals surface area (Å²) in [6.45, 7) is 10.3. The number of allylic oxidation sites excluding steroid dienone is 1. The fourth-order valence-electron chi connectivity index (χ4n) is 6.45. The molecule has 0 bridgehead atoms. The molecule has 4 heterocycles. The van der Waals surface area contributed by atoms with E-state index in [0.717, 1.165) is 89.4 Å². The van der Waals surface area contributed by atoms with Crippen molar-refractivity contribution < 1.29 is 4.79 Å². The molecule has 246 valence electrons. The van der Waals surface area contributed by atoms with Gasteiger partial charge in [-0.3, -0.25) is 19.7 Å². The van der Waals surface area contributed by atoms with Crippen LogP contribution in [0.4, 0.5) is 0 Å². The van der Waals surface area contributed by atoms with Crippen molar-refractivity contribution in [3.05, 3.63) is 143 Å². The Kier molecular flexibility index (Phi) is 10.9. The molecule has 0 spiro atoms. The van der Waals surface area contributed by atoms with E-state index in [0.29, 0.717) is 13.0 Å². The number of nitrogens with zero attached hydrogens (tertiary/aromatic N) is 5. The molecule has 1 aliphatic rings. The minimum Gasteiger partial charge on any atom is -0.329 e. The van der Waals surface area contributed by atoms with Gasteiger partial charge in [0.2, 0.25) is 0 Å². The molecule has 48 heavy (non-hydrogen) atoms. The number of hydrogen-bond donors (Lipinski definition) is 1. The number of aromatic nitrogens is 4. The standard InChI is InChI=1S/C41H46N6O/c1-4-5-10-34-27-32(29-47-31(3)44-39-28-42-23-20-40(39)47)16-19-37(34)41(48)43-22-9-12-35-11-8-13-38(45-35)36(21-26-46-24-6-7-25-46)33-17-14-30(2)15-18-33/h8-9,11,13-23,27-28H,4-7,10,12,24-26,29H2,1-3H3,(H,43,48). The van der Waals surface area contributed by atoms with Crippen LogP contribution in [-0.4, -0.2) is 50.0 Å². The number of nitrogens with one attached hydrogen (secondary N) is 1. The zero-order valence-corrected chi connectivity index (χ0v) is 28.5. The van der Waals surface area contributed by atoms with Crippen LogP contribution in [0.1, 0.15) is 82.4 Å². The summed E-state index contributed by atoms with van der Waals surface area (Å²) in [4.78, 5) is 29.8. The molecule has 1 amide bonds. The maximum atomic E-state index is 13.4. The van der Waals surface area contributed by atoms with Crippen molar-refractivity contribution in [2.75, 3.05) is 19.6 Å². The van der Waals surface area contributed by atoms with Gasteiger partial charge in [-0.05, 0) is 93.6 Å². The Hall–Kier alpha value is -4.88. The van der Waals surface area contributed by atoms with Crippen LogP contribution in [0.15, 0.2) is 97.5 Å². The zero-order chi connectivity index (χ0) is 33.3. The Labute approximate surface area is 284 Å². The van der Waals surface area contributed by atoms with E-state index in [2.05, 4.69) is 93.2 Å². The number of fused-ring (bicyclic) bond motifs is 1. The van der Waals surface area contributed by atoms with E-state index in [9.17, 15) is 4.79 Å². The topological polar surface area (TPSA) is 75.9 Å². The Bertz CT molecular complexity index is 1910. The molecule has 0 saturated carbocycles. The fraction of sp³-hybridized carbons (Fsp3) is 0.317. The zero-order valence-electron chi connectivity index (χ0n) is 28.5. The van der Waals surface area contributed by atoms with Crippen LogP contribution in [0.3, 0.4) is 0 Å². The monoisotopic (exact) mass is 638 g/mol. The maximum Gasteiger partial charge on any atom is 0.255 e. The molecule has 1 saturated heterocycles. The molecular weight excluding hydrogens is 592 g/mol. The smallest absolute Gasteiger partial charge is 0.255 e. The number of pyridine rings is 2. The van der Waals surface area contributed by atoms with Crippen LogP contribution < -0.4 is 5.32 Å². The molecule has 1 N–H and O–H groups in total. The Morgan fingerprint density at radius 1 is 0.979 bits per heavy atom. The summed E-state index contributed by atoms with van der Waals surface area (Å²) >= 11 is 0. The molecule has 5 aromatic rings. The van der Waals surface area contributed by atoms with Gasteiger partial charge in [-0.15, -0.1) is 0 Å². The molecule has 1 aliphatic heterocycles. The van der Waals surface area contributed by atoms with Gasteiger partial charge in [-0.1, -0.05) is 73.5 Å². The Morgan fingerprint density at radius 3 is 2.62 bits per heavy atom. The van der Waals surface area contributed by atoms with Crippen LogP contribution in [0.25, 0.3) is 16.6 Å². The van der Waals surface area contributed by atoms with Gasteiger partial charge in [0.05, 0.1) is 17.4 Å². The lowest BCUT2D eigenvalue weighted by atomic mass is 9.98. The number of unbranched alkanes of at least 4 members (excludes halogenated alkanes) is 1. The van der Waals surface area contributed by atoms with Crippen molar-refractivity contribution in [3.8, 4) is 0 Å². The molecule has 0 unspecified atom stereocenters. The van der Waals surface area contributed by atoms with Crippen molar-refractivity contribution in [1.29, 1.82) is 0 Å². The second-order valence-electron chi connectivity index (χ2n) is 12.8. The number of amides is 1. The highest BCUT2D eigenvalue weighted by Crippen LogP contribution is 2.24. The lowest BCUT2D eigenvalue weighted by Gasteiger charge is -2.14. The molecule has 6 rings (SSSR count). The predicted molar refractivity (Wildman–Crippen MR) is 195 cm³/mol. The molecule has 7 heteroatoms. The molecule has 0 aliphatic carbocycles. The molecule has 3 aromatic heterocycles. The molecular formula is C41H46N6O. The van der Waals surface area contributed by atoms with Crippen molar-refractivity contribution >= 4 is 22.5 Å². The van der Waals surface area contributed by atoms with Gasteiger partial charge in [0.1, 0.15) is 11.3 Å². The number of hydrogen-bond acceptors (Lipinski definition) is 5. The largest absolute Gasteiger partial charge is 0.329 e. The van der Waals surface area contributed by atoms with Crippen molar-refractivity contribution in [1.82, 2.24) is 29.7 Å². The van der Waals surface area contributed by atoms with Crippen molar-refractivity contribution in [2.45, 2.75) is 65.8 Å². The third-order valence-corrected chi connectivity index (χ3v) is 9.15. The van der Waals surface area contributed by atoms with Crippen LogP contribution in [0, 0.1) is 13.8 Å². The predicted octanol–water partition coefficient (Wildman–Crippen LogP) is 7.85. The number of rotatable bonds is 13. The van der Waals surface area contributed by atoms with Gasteiger partial charge in [-0.2, -0.15) is 0 Å². The third kappa shape index (κ3) is 8.15. The number of aryl methyl sites for hydroxylation is 3. The van der Waals surface area contributed by atoms with E-state index in [-0.39, 0.29) is 5.91 Å². The molecule has 7 nitrogen and oxygen atoms in total. The number of likely N-dealkylation sites (tertiary alicyclic amines) is 1. The molecule has 2 aromatic carbocycles. The summed E-state index contributed by atoms with van der Waals surface area (Å²) in [5.74, 6) is 0.858. The van der Waals surface area contributed by atoms with Gasteiger partial charge < -0.3 is 9.88 Å². The number of carbonyl (C=O) groups excluding carboxylic acids is 1. The lowest BCUT2D eigenvalue weighted by molar-refractivity contribution is 0.0969. The first-order valence-electron chi connectivity index (χ1n) is 17.3.